The molecular formula is C18H24N3O+. The maximum atomic E-state index is 8.55. The lowest BCUT2D eigenvalue weighted by Crippen LogP contribution is -2.33. The summed E-state index contributed by atoms with van der Waals surface area (Å²) in [6.45, 7) is 3.03. The molecule has 0 saturated heterocycles. The zero-order valence-corrected chi connectivity index (χ0v) is 13.6. The number of fused-ring (bicyclic) bond motifs is 1. The van der Waals surface area contributed by atoms with E-state index in [0.29, 0.717) is 6.42 Å². The van der Waals surface area contributed by atoms with Gasteiger partial charge in [-0.3, -0.25) is 0 Å². The van der Waals surface area contributed by atoms with Gasteiger partial charge in [0.15, 0.2) is 5.69 Å². The summed E-state index contributed by atoms with van der Waals surface area (Å²) in [6.07, 6.45) is 3.80. The number of anilines is 1. The maximum Gasteiger partial charge on any atom is 0.214 e. The molecule has 2 rings (SSSR count). The van der Waals surface area contributed by atoms with Gasteiger partial charge in [-0.25, -0.2) is 0 Å². The lowest BCUT2D eigenvalue weighted by Gasteiger charge is -2.11. The third kappa shape index (κ3) is 3.67. The number of benzene rings is 1. The predicted molar refractivity (Wildman–Crippen MR) is 89.0 cm³/mol. The highest BCUT2D eigenvalue weighted by Gasteiger charge is 2.14. The van der Waals surface area contributed by atoms with Crippen molar-refractivity contribution in [1.29, 1.82) is 5.26 Å². The Hall–Kier alpha value is -2.28. The number of aromatic nitrogens is 1. The zero-order valence-electron chi connectivity index (χ0n) is 13.6. The van der Waals surface area contributed by atoms with Crippen LogP contribution in [0.25, 0.3) is 10.9 Å². The minimum Gasteiger partial charge on any atom is -0.497 e. The van der Waals surface area contributed by atoms with E-state index in [1.165, 1.54) is 16.6 Å². The number of rotatable bonds is 7. The molecule has 0 bridgehead atoms. The van der Waals surface area contributed by atoms with Gasteiger partial charge >= 0.3 is 0 Å². The minimum atomic E-state index is 0.653. The molecule has 4 heteroatoms. The maximum absolute atomic E-state index is 8.55. The van der Waals surface area contributed by atoms with Crippen molar-refractivity contribution in [3.63, 3.8) is 0 Å². The standard InChI is InChI=1S/C18H23N3O/c1-14-12-17(20-11-7-5-4-6-10-19)16-13-15(22-3)8-9-18(16)21(14)2/h8-9,12-13H,4-7,11H2,1-3H3/p+1. The SMILES string of the molecule is COc1ccc2c(c1)c(NCCCCCC#N)cc(C)[n+]2C. The van der Waals surface area contributed by atoms with Gasteiger partial charge in [0.05, 0.1) is 24.3 Å². The molecule has 0 fully saturated rings. The molecule has 116 valence electrons. The molecule has 0 unspecified atom stereocenters. The van der Waals surface area contributed by atoms with Crippen LogP contribution in [-0.2, 0) is 7.05 Å². The lowest BCUT2D eigenvalue weighted by atomic mass is 10.1. The molecule has 0 saturated carbocycles. The van der Waals surface area contributed by atoms with E-state index in [0.717, 1.165) is 37.2 Å². The number of pyridine rings is 1. The molecule has 1 aromatic heterocycles. The summed E-state index contributed by atoms with van der Waals surface area (Å²) >= 11 is 0. The summed E-state index contributed by atoms with van der Waals surface area (Å²) in [7, 11) is 3.77. The highest BCUT2D eigenvalue weighted by atomic mass is 16.5. The van der Waals surface area contributed by atoms with Crippen LogP contribution >= 0.6 is 0 Å². The minimum absolute atomic E-state index is 0.653. The fourth-order valence-electron chi connectivity index (χ4n) is 2.60. The van der Waals surface area contributed by atoms with Crippen LogP contribution in [0.5, 0.6) is 5.75 Å². The van der Waals surface area contributed by atoms with E-state index in [2.05, 4.69) is 48.1 Å². The quantitative estimate of drug-likeness (QED) is 0.629. The zero-order chi connectivity index (χ0) is 15.9. The number of nitrogens with zero attached hydrogens (tertiary/aromatic N) is 2. The Morgan fingerprint density at radius 2 is 2.05 bits per heavy atom. The Kier molecular flexibility index (Phi) is 5.60. The Labute approximate surface area is 132 Å². The molecule has 1 N–H and O–H groups in total. The van der Waals surface area contributed by atoms with E-state index in [1.807, 2.05) is 6.07 Å². The summed E-state index contributed by atoms with van der Waals surface area (Å²) in [4.78, 5) is 0. The molecule has 0 aliphatic rings. The summed E-state index contributed by atoms with van der Waals surface area (Å²) in [5.74, 6) is 0.869. The smallest absolute Gasteiger partial charge is 0.214 e. The van der Waals surface area contributed by atoms with E-state index in [4.69, 9.17) is 10.00 Å². The van der Waals surface area contributed by atoms with Gasteiger partial charge in [0, 0.05) is 32.0 Å². The first kappa shape index (κ1) is 16.1. The average molecular weight is 298 g/mol. The van der Waals surface area contributed by atoms with Crippen molar-refractivity contribution in [2.24, 2.45) is 7.05 Å². The Balaban J connectivity index is 2.17. The first-order valence-electron chi connectivity index (χ1n) is 7.75. The number of aryl methyl sites for hydroxylation is 2. The molecule has 0 atom stereocenters. The van der Waals surface area contributed by atoms with Gasteiger partial charge < -0.3 is 10.1 Å². The van der Waals surface area contributed by atoms with Gasteiger partial charge in [0.25, 0.3) is 0 Å². The largest absolute Gasteiger partial charge is 0.497 e. The van der Waals surface area contributed by atoms with Crippen molar-refractivity contribution in [1.82, 2.24) is 0 Å². The summed E-state index contributed by atoms with van der Waals surface area (Å²) < 4.78 is 7.54. The topological polar surface area (TPSA) is 48.9 Å². The van der Waals surface area contributed by atoms with E-state index in [-0.39, 0.29) is 0 Å². The van der Waals surface area contributed by atoms with E-state index < -0.39 is 0 Å². The van der Waals surface area contributed by atoms with Crippen molar-refractivity contribution in [3.05, 3.63) is 30.0 Å². The highest BCUT2D eigenvalue weighted by Crippen LogP contribution is 2.26. The predicted octanol–water partition coefficient (Wildman–Crippen LogP) is 3.48. The molecule has 0 aliphatic carbocycles. The van der Waals surface area contributed by atoms with Crippen LogP contribution in [0.2, 0.25) is 0 Å². The first-order valence-corrected chi connectivity index (χ1v) is 7.75. The van der Waals surface area contributed by atoms with Crippen LogP contribution < -0.4 is 14.6 Å². The third-order valence-corrected chi connectivity index (χ3v) is 4.02. The van der Waals surface area contributed by atoms with Crippen molar-refractivity contribution >= 4 is 16.6 Å². The molecule has 0 aliphatic heterocycles. The van der Waals surface area contributed by atoms with Crippen molar-refractivity contribution < 1.29 is 9.30 Å². The molecule has 0 amide bonds. The van der Waals surface area contributed by atoms with Crippen LogP contribution in [0.15, 0.2) is 24.3 Å². The van der Waals surface area contributed by atoms with Crippen LogP contribution in [0.1, 0.15) is 31.4 Å². The van der Waals surface area contributed by atoms with E-state index in [1.54, 1.807) is 7.11 Å². The number of hydrogen-bond donors (Lipinski definition) is 1. The molecule has 0 radical (unpaired) electrons. The van der Waals surface area contributed by atoms with Gasteiger partial charge in [-0.1, -0.05) is 6.42 Å². The van der Waals surface area contributed by atoms with Crippen LogP contribution in [0.3, 0.4) is 0 Å². The lowest BCUT2D eigenvalue weighted by molar-refractivity contribution is -0.651. The van der Waals surface area contributed by atoms with Gasteiger partial charge in [0.2, 0.25) is 5.52 Å². The molecular weight excluding hydrogens is 274 g/mol. The van der Waals surface area contributed by atoms with Crippen molar-refractivity contribution in [2.45, 2.75) is 32.6 Å². The number of ether oxygens (including phenoxy) is 1. The second-order valence-electron chi connectivity index (χ2n) is 5.54. The van der Waals surface area contributed by atoms with Crippen molar-refractivity contribution in [3.8, 4) is 11.8 Å². The second-order valence-corrected chi connectivity index (χ2v) is 5.54. The fourth-order valence-corrected chi connectivity index (χ4v) is 2.60. The van der Waals surface area contributed by atoms with Gasteiger partial charge in [-0.15, -0.1) is 0 Å². The Bertz CT molecular complexity index is 689. The molecule has 0 spiro atoms. The third-order valence-electron chi connectivity index (χ3n) is 4.02. The van der Waals surface area contributed by atoms with E-state index >= 15 is 0 Å². The van der Waals surface area contributed by atoms with Crippen LogP contribution in [0.4, 0.5) is 5.69 Å². The number of nitrogens with one attached hydrogen (secondary N) is 1. The van der Waals surface area contributed by atoms with Crippen LogP contribution in [0, 0.1) is 18.3 Å². The number of hydrogen-bond acceptors (Lipinski definition) is 3. The fraction of sp³-hybridized carbons (Fsp3) is 0.444. The highest BCUT2D eigenvalue weighted by molar-refractivity contribution is 5.90. The number of nitriles is 1. The Morgan fingerprint density at radius 3 is 2.77 bits per heavy atom. The molecule has 22 heavy (non-hydrogen) atoms. The summed E-state index contributed by atoms with van der Waals surface area (Å²) in [5.41, 5.74) is 3.54. The molecule has 1 aromatic carbocycles. The Morgan fingerprint density at radius 1 is 1.23 bits per heavy atom. The first-order chi connectivity index (χ1) is 10.7. The van der Waals surface area contributed by atoms with E-state index in [9.17, 15) is 0 Å². The molecule has 4 nitrogen and oxygen atoms in total. The summed E-state index contributed by atoms with van der Waals surface area (Å²) in [5, 5.41) is 13.2. The van der Waals surface area contributed by atoms with Gasteiger partial charge in [0.1, 0.15) is 12.8 Å². The second kappa shape index (κ2) is 7.65. The normalized spacial score (nSPS) is 10.5. The monoisotopic (exact) mass is 298 g/mol. The van der Waals surface area contributed by atoms with Gasteiger partial charge in [-0.05, 0) is 25.0 Å². The van der Waals surface area contributed by atoms with Crippen molar-refractivity contribution in [2.75, 3.05) is 19.0 Å². The average Bonchev–Trinajstić information content (AvgIpc) is 2.54. The van der Waals surface area contributed by atoms with Gasteiger partial charge in [-0.2, -0.15) is 9.83 Å². The molecule has 2 aromatic rings. The number of unbranched alkanes of at least 4 members (excludes halogenated alkanes) is 3. The van der Waals surface area contributed by atoms with Crippen LogP contribution in [-0.4, -0.2) is 13.7 Å². The summed E-state index contributed by atoms with van der Waals surface area (Å²) in [6, 6.07) is 10.5. The molecule has 1 heterocycles. The number of methoxy groups -OCH3 is 1.